The SMILES string of the molecule is COCCOc1cc(-c2noc([C@@H]3CCCN3Cc3ccc(C(F)(F)F)cc3)n2)ccn1. The molecule has 0 spiro atoms. The zero-order valence-corrected chi connectivity index (χ0v) is 17.5. The fourth-order valence-electron chi connectivity index (χ4n) is 3.67. The van der Waals surface area contributed by atoms with Gasteiger partial charge in [-0.2, -0.15) is 18.2 Å². The predicted molar refractivity (Wildman–Crippen MR) is 109 cm³/mol. The lowest BCUT2D eigenvalue weighted by molar-refractivity contribution is -0.137. The highest BCUT2D eigenvalue weighted by molar-refractivity contribution is 5.55. The van der Waals surface area contributed by atoms with E-state index in [1.807, 2.05) is 0 Å². The summed E-state index contributed by atoms with van der Waals surface area (Å²) in [7, 11) is 1.60. The van der Waals surface area contributed by atoms with Crippen LogP contribution in [0.4, 0.5) is 13.2 Å². The van der Waals surface area contributed by atoms with E-state index in [0.717, 1.165) is 42.6 Å². The summed E-state index contributed by atoms with van der Waals surface area (Å²) in [6.45, 7) is 2.14. The van der Waals surface area contributed by atoms with Gasteiger partial charge >= 0.3 is 6.18 Å². The van der Waals surface area contributed by atoms with E-state index in [2.05, 4.69) is 20.0 Å². The Labute approximate surface area is 183 Å². The topological polar surface area (TPSA) is 73.5 Å². The first kappa shape index (κ1) is 22.2. The smallest absolute Gasteiger partial charge is 0.416 e. The molecule has 0 bridgehead atoms. The van der Waals surface area contributed by atoms with Gasteiger partial charge in [0.2, 0.25) is 17.6 Å². The number of hydrogen-bond acceptors (Lipinski definition) is 7. The molecule has 0 saturated carbocycles. The number of pyridine rings is 1. The second-order valence-corrected chi connectivity index (χ2v) is 7.50. The molecule has 4 rings (SSSR count). The van der Waals surface area contributed by atoms with E-state index in [9.17, 15) is 13.2 Å². The van der Waals surface area contributed by atoms with Crippen LogP contribution in [0.5, 0.6) is 5.88 Å². The first-order valence-electron chi connectivity index (χ1n) is 10.3. The molecule has 170 valence electrons. The summed E-state index contributed by atoms with van der Waals surface area (Å²) in [4.78, 5) is 10.9. The third-order valence-corrected chi connectivity index (χ3v) is 5.29. The summed E-state index contributed by atoms with van der Waals surface area (Å²) in [5, 5.41) is 4.10. The van der Waals surface area contributed by atoms with Crippen LogP contribution < -0.4 is 4.74 Å². The molecule has 2 aromatic heterocycles. The predicted octanol–water partition coefficient (Wildman–Crippen LogP) is 4.51. The van der Waals surface area contributed by atoms with Gasteiger partial charge in [-0.15, -0.1) is 0 Å². The molecule has 3 heterocycles. The van der Waals surface area contributed by atoms with Crippen LogP contribution in [0.1, 0.15) is 35.9 Å². The second-order valence-electron chi connectivity index (χ2n) is 7.50. The number of aromatic nitrogens is 3. The van der Waals surface area contributed by atoms with Crippen molar-refractivity contribution in [2.75, 3.05) is 26.9 Å². The molecule has 0 N–H and O–H groups in total. The lowest BCUT2D eigenvalue weighted by Crippen LogP contribution is -2.23. The maximum absolute atomic E-state index is 12.8. The van der Waals surface area contributed by atoms with Crippen molar-refractivity contribution >= 4 is 0 Å². The summed E-state index contributed by atoms with van der Waals surface area (Å²) < 4.78 is 54.4. The highest BCUT2D eigenvalue weighted by atomic mass is 19.4. The molecule has 10 heteroatoms. The molecule has 0 amide bonds. The number of likely N-dealkylation sites (tertiary alicyclic amines) is 1. The number of hydrogen-bond donors (Lipinski definition) is 0. The van der Waals surface area contributed by atoms with E-state index in [0.29, 0.717) is 37.4 Å². The third kappa shape index (κ3) is 5.25. The molecule has 1 aliphatic heterocycles. The molecule has 0 radical (unpaired) electrons. The molecule has 0 unspecified atom stereocenters. The maximum atomic E-state index is 12.8. The average Bonchev–Trinajstić information content (AvgIpc) is 3.43. The van der Waals surface area contributed by atoms with Crippen molar-refractivity contribution < 1.29 is 27.2 Å². The van der Waals surface area contributed by atoms with Crippen molar-refractivity contribution in [1.82, 2.24) is 20.0 Å². The fraction of sp³-hybridized carbons (Fsp3) is 0.409. The Morgan fingerprint density at radius 1 is 1.16 bits per heavy atom. The standard InChI is InChI=1S/C22H23F3N4O3/c1-30-11-12-31-19-13-16(8-9-26-19)20-27-21(32-28-20)18-3-2-10-29(18)14-15-4-6-17(7-5-15)22(23,24)25/h4-9,13,18H,2-3,10-12,14H2,1H3/t18-/m0/s1. The van der Waals surface area contributed by atoms with Crippen LogP contribution in [0, 0.1) is 0 Å². The minimum Gasteiger partial charge on any atom is -0.475 e. The van der Waals surface area contributed by atoms with Gasteiger partial charge in [0.05, 0.1) is 18.2 Å². The van der Waals surface area contributed by atoms with Crippen molar-refractivity contribution in [3.8, 4) is 17.3 Å². The van der Waals surface area contributed by atoms with Crippen molar-refractivity contribution in [2.45, 2.75) is 31.6 Å². The zero-order valence-electron chi connectivity index (χ0n) is 17.5. The third-order valence-electron chi connectivity index (χ3n) is 5.29. The monoisotopic (exact) mass is 448 g/mol. The zero-order chi connectivity index (χ0) is 22.6. The lowest BCUT2D eigenvalue weighted by atomic mass is 10.1. The van der Waals surface area contributed by atoms with Crippen LogP contribution in [0.25, 0.3) is 11.4 Å². The van der Waals surface area contributed by atoms with E-state index < -0.39 is 11.7 Å². The highest BCUT2D eigenvalue weighted by Gasteiger charge is 2.32. The van der Waals surface area contributed by atoms with Gasteiger partial charge in [-0.3, -0.25) is 4.90 Å². The van der Waals surface area contributed by atoms with Gasteiger partial charge in [-0.25, -0.2) is 4.98 Å². The lowest BCUT2D eigenvalue weighted by Gasteiger charge is -2.21. The number of rotatable bonds is 8. The summed E-state index contributed by atoms with van der Waals surface area (Å²) in [5.74, 6) is 1.36. The van der Waals surface area contributed by atoms with Gasteiger partial charge in [0.15, 0.2) is 0 Å². The molecule has 0 aliphatic carbocycles. The molecule has 1 aliphatic rings. The summed E-state index contributed by atoms with van der Waals surface area (Å²) in [6.07, 6.45) is -0.948. The van der Waals surface area contributed by atoms with Crippen molar-refractivity contribution in [3.05, 3.63) is 59.6 Å². The fourth-order valence-corrected chi connectivity index (χ4v) is 3.67. The molecule has 1 aromatic carbocycles. The Morgan fingerprint density at radius 3 is 2.72 bits per heavy atom. The van der Waals surface area contributed by atoms with Gasteiger partial charge < -0.3 is 14.0 Å². The number of ether oxygens (including phenoxy) is 2. The Morgan fingerprint density at radius 2 is 1.97 bits per heavy atom. The Balaban J connectivity index is 1.45. The van der Waals surface area contributed by atoms with Crippen molar-refractivity contribution in [1.29, 1.82) is 0 Å². The van der Waals surface area contributed by atoms with Crippen LogP contribution >= 0.6 is 0 Å². The molecule has 32 heavy (non-hydrogen) atoms. The molecular weight excluding hydrogens is 425 g/mol. The Bertz CT molecular complexity index is 1020. The summed E-state index contributed by atoms with van der Waals surface area (Å²) in [6, 6.07) is 8.67. The van der Waals surface area contributed by atoms with Gasteiger partial charge in [-0.05, 0) is 43.1 Å². The van der Waals surface area contributed by atoms with Crippen molar-refractivity contribution in [3.63, 3.8) is 0 Å². The first-order chi connectivity index (χ1) is 15.4. The van der Waals surface area contributed by atoms with Crippen LogP contribution in [-0.2, 0) is 17.5 Å². The van der Waals surface area contributed by atoms with Gasteiger partial charge in [-0.1, -0.05) is 17.3 Å². The molecule has 7 nitrogen and oxygen atoms in total. The largest absolute Gasteiger partial charge is 0.475 e. The van der Waals surface area contributed by atoms with Crippen LogP contribution in [0.3, 0.4) is 0 Å². The summed E-state index contributed by atoms with van der Waals surface area (Å²) in [5.41, 5.74) is 0.870. The van der Waals surface area contributed by atoms with E-state index in [1.165, 1.54) is 12.1 Å². The normalized spacial score (nSPS) is 17.1. The second kappa shape index (κ2) is 9.66. The Hall–Kier alpha value is -2.98. The number of halogens is 3. The minimum absolute atomic E-state index is 0.0854. The van der Waals surface area contributed by atoms with Crippen LogP contribution in [0.15, 0.2) is 47.1 Å². The van der Waals surface area contributed by atoms with Crippen LogP contribution in [-0.4, -0.2) is 46.9 Å². The maximum Gasteiger partial charge on any atom is 0.416 e. The van der Waals surface area contributed by atoms with Gasteiger partial charge in [0, 0.05) is 31.5 Å². The summed E-state index contributed by atoms with van der Waals surface area (Å²) >= 11 is 0. The molecule has 1 atom stereocenters. The average molecular weight is 448 g/mol. The van der Waals surface area contributed by atoms with Gasteiger partial charge in [0.25, 0.3) is 0 Å². The number of alkyl halides is 3. The first-order valence-corrected chi connectivity index (χ1v) is 10.3. The number of benzene rings is 1. The van der Waals surface area contributed by atoms with E-state index in [1.54, 1.807) is 25.4 Å². The minimum atomic E-state index is -4.34. The molecule has 3 aromatic rings. The Kier molecular flexibility index (Phi) is 6.71. The molecular formula is C22H23F3N4O3. The number of nitrogens with zero attached hydrogens (tertiary/aromatic N) is 4. The van der Waals surface area contributed by atoms with Crippen molar-refractivity contribution in [2.24, 2.45) is 0 Å². The van der Waals surface area contributed by atoms with E-state index >= 15 is 0 Å². The highest BCUT2D eigenvalue weighted by Crippen LogP contribution is 2.34. The molecule has 1 saturated heterocycles. The number of methoxy groups -OCH3 is 1. The quantitative estimate of drug-likeness (QED) is 0.470. The van der Waals surface area contributed by atoms with E-state index in [4.69, 9.17) is 14.0 Å². The molecule has 1 fully saturated rings. The van der Waals surface area contributed by atoms with E-state index in [-0.39, 0.29) is 6.04 Å². The van der Waals surface area contributed by atoms with Crippen LogP contribution in [0.2, 0.25) is 0 Å². The van der Waals surface area contributed by atoms with Gasteiger partial charge in [0.1, 0.15) is 6.61 Å².